The van der Waals surface area contributed by atoms with Crippen LogP contribution >= 0.6 is 11.3 Å². The predicted molar refractivity (Wildman–Crippen MR) is 94.2 cm³/mol. The van der Waals surface area contributed by atoms with Crippen LogP contribution in [-0.4, -0.2) is 37.9 Å². The highest BCUT2D eigenvalue weighted by Crippen LogP contribution is 2.22. The largest absolute Gasteiger partial charge is 0.453 e. The average Bonchev–Trinajstić information content (AvgIpc) is 3.19. The first-order valence-corrected chi connectivity index (χ1v) is 8.45. The average molecular weight is 328 g/mol. The summed E-state index contributed by atoms with van der Waals surface area (Å²) in [5.41, 5.74) is 0.751. The number of carbonyl (C=O) groups is 1. The lowest BCUT2D eigenvalue weighted by atomic mass is 10.2. The third kappa shape index (κ3) is 3.69. The van der Waals surface area contributed by atoms with Gasteiger partial charge < -0.3 is 14.6 Å². The maximum Gasteiger partial charge on any atom is 0.211 e. The van der Waals surface area contributed by atoms with Gasteiger partial charge in [0.15, 0.2) is 5.76 Å². The molecule has 0 spiro atoms. The fourth-order valence-electron chi connectivity index (χ4n) is 2.55. The normalized spacial score (nSPS) is 12.8. The third-order valence-electron chi connectivity index (χ3n) is 3.82. The van der Waals surface area contributed by atoms with E-state index >= 15 is 0 Å². The van der Waals surface area contributed by atoms with Gasteiger partial charge in [-0.3, -0.25) is 4.79 Å². The maximum atomic E-state index is 12.3. The molecule has 0 radical (unpaired) electrons. The molecule has 1 unspecified atom stereocenters. The van der Waals surface area contributed by atoms with E-state index in [1.165, 1.54) is 4.88 Å². The van der Waals surface area contributed by atoms with Gasteiger partial charge in [0.05, 0.1) is 12.6 Å². The Hall–Kier alpha value is -1.95. The van der Waals surface area contributed by atoms with Crippen LogP contribution < -0.4 is 5.32 Å². The van der Waals surface area contributed by atoms with E-state index in [4.69, 9.17) is 4.42 Å². The topological polar surface area (TPSA) is 45.5 Å². The molecule has 4 nitrogen and oxygen atoms in total. The highest BCUT2D eigenvalue weighted by atomic mass is 32.1. The summed E-state index contributed by atoms with van der Waals surface area (Å²) in [4.78, 5) is 15.7. The number of Topliss-reactive ketones (excluding diaryl/α,β-unsaturated/α-hetero) is 1. The van der Waals surface area contributed by atoms with Gasteiger partial charge in [-0.2, -0.15) is 0 Å². The Balaban J connectivity index is 1.60. The van der Waals surface area contributed by atoms with E-state index in [0.717, 1.165) is 17.5 Å². The van der Waals surface area contributed by atoms with Crippen LogP contribution in [0.3, 0.4) is 0 Å². The van der Waals surface area contributed by atoms with Crippen molar-refractivity contribution in [2.45, 2.75) is 6.04 Å². The summed E-state index contributed by atoms with van der Waals surface area (Å²) in [6, 6.07) is 13.9. The number of furan rings is 1. The fraction of sp³-hybridized carbons (Fsp3) is 0.278. The number of benzene rings is 1. The van der Waals surface area contributed by atoms with Gasteiger partial charge in [-0.1, -0.05) is 24.3 Å². The first kappa shape index (κ1) is 15.9. The molecule has 23 heavy (non-hydrogen) atoms. The number of likely N-dealkylation sites (N-methyl/N-ethyl adjacent to an activating group) is 1. The van der Waals surface area contributed by atoms with Gasteiger partial charge in [0.25, 0.3) is 0 Å². The molecule has 0 saturated carbocycles. The lowest BCUT2D eigenvalue weighted by Crippen LogP contribution is -2.33. The van der Waals surface area contributed by atoms with Crippen LogP contribution in [0.2, 0.25) is 0 Å². The molecule has 0 aliphatic rings. The number of ketones is 1. The van der Waals surface area contributed by atoms with Crippen LogP contribution in [0, 0.1) is 0 Å². The van der Waals surface area contributed by atoms with Crippen molar-refractivity contribution >= 4 is 28.1 Å². The zero-order valence-electron chi connectivity index (χ0n) is 13.3. The number of carbonyl (C=O) groups excluding carboxylic acids is 1. The summed E-state index contributed by atoms with van der Waals surface area (Å²) >= 11 is 1.73. The van der Waals surface area contributed by atoms with Crippen molar-refractivity contribution in [3.05, 3.63) is 58.5 Å². The minimum Gasteiger partial charge on any atom is -0.453 e. The summed E-state index contributed by atoms with van der Waals surface area (Å²) in [6.45, 7) is 0.995. The number of hydrogen-bond donors (Lipinski definition) is 1. The monoisotopic (exact) mass is 328 g/mol. The molecule has 1 atom stereocenters. The van der Waals surface area contributed by atoms with Gasteiger partial charge in [-0.05, 0) is 37.7 Å². The highest BCUT2D eigenvalue weighted by molar-refractivity contribution is 7.10. The second kappa shape index (κ2) is 7.08. The summed E-state index contributed by atoms with van der Waals surface area (Å²) in [5.74, 6) is 0.390. The standard InChI is InChI=1S/C18H20N2O2S/c1-20(2)14(18-8-5-9-23-18)11-19-12-15(21)17-10-13-6-3-4-7-16(13)22-17/h3-10,14,19H,11-12H2,1-2H3. The molecule has 2 aromatic heterocycles. The Morgan fingerprint density at radius 3 is 2.78 bits per heavy atom. The van der Waals surface area contributed by atoms with E-state index < -0.39 is 0 Å². The Labute approximate surface area is 139 Å². The smallest absolute Gasteiger partial charge is 0.211 e. The molecule has 3 rings (SSSR count). The van der Waals surface area contributed by atoms with E-state index in [0.29, 0.717) is 5.76 Å². The lowest BCUT2D eigenvalue weighted by Gasteiger charge is -2.23. The number of para-hydroxylation sites is 1. The molecule has 3 aromatic rings. The summed E-state index contributed by atoms with van der Waals surface area (Å²) in [6.07, 6.45) is 0. The molecule has 120 valence electrons. The summed E-state index contributed by atoms with van der Waals surface area (Å²) < 4.78 is 5.61. The van der Waals surface area contributed by atoms with Crippen LogP contribution in [-0.2, 0) is 0 Å². The van der Waals surface area contributed by atoms with Crippen molar-refractivity contribution in [2.24, 2.45) is 0 Å². The molecule has 1 aromatic carbocycles. The van der Waals surface area contributed by atoms with Crippen molar-refractivity contribution in [1.29, 1.82) is 0 Å². The number of nitrogens with one attached hydrogen (secondary N) is 1. The minimum atomic E-state index is -0.0233. The van der Waals surface area contributed by atoms with E-state index in [2.05, 4.69) is 27.7 Å². The van der Waals surface area contributed by atoms with Crippen molar-refractivity contribution in [3.63, 3.8) is 0 Å². The first-order chi connectivity index (χ1) is 11.1. The van der Waals surface area contributed by atoms with Crippen molar-refractivity contribution in [2.75, 3.05) is 27.2 Å². The zero-order valence-corrected chi connectivity index (χ0v) is 14.1. The van der Waals surface area contributed by atoms with Crippen molar-refractivity contribution in [1.82, 2.24) is 10.2 Å². The highest BCUT2D eigenvalue weighted by Gasteiger charge is 2.16. The van der Waals surface area contributed by atoms with Crippen LogP contribution in [0.25, 0.3) is 11.0 Å². The second-order valence-electron chi connectivity index (χ2n) is 5.70. The molecule has 0 amide bonds. The Morgan fingerprint density at radius 2 is 2.09 bits per heavy atom. The molecule has 1 N–H and O–H groups in total. The van der Waals surface area contributed by atoms with Crippen LogP contribution in [0.5, 0.6) is 0 Å². The van der Waals surface area contributed by atoms with Gasteiger partial charge in [0.2, 0.25) is 5.78 Å². The van der Waals surface area contributed by atoms with Crippen LogP contribution in [0.1, 0.15) is 21.5 Å². The number of nitrogens with zero attached hydrogens (tertiary/aromatic N) is 1. The number of thiophene rings is 1. The van der Waals surface area contributed by atoms with E-state index in [1.807, 2.05) is 44.4 Å². The minimum absolute atomic E-state index is 0.0233. The van der Waals surface area contributed by atoms with Gasteiger partial charge in [-0.25, -0.2) is 0 Å². The quantitative estimate of drug-likeness (QED) is 0.674. The third-order valence-corrected chi connectivity index (χ3v) is 4.79. The van der Waals surface area contributed by atoms with Crippen molar-refractivity contribution < 1.29 is 9.21 Å². The fourth-order valence-corrected chi connectivity index (χ4v) is 3.47. The number of hydrogen-bond acceptors (Lipinski definition) is 5. The molecule has 0 aliphatic carbocycles. The molecule has 0 fully saturated rings. The van der Waals surface area contributed by atoms with Crippen LogP contribution in [0.15, 0.2) is 52.3 Å². The van der Waals surface area contributed by atoms with Gasteiger partial charge >= 0.3 is 0 Å². The predicted octanol–water partition coefficient (Wildman–Crippen LogP) is 3.57. The molecule has 0 aliphatic heterocycles. The second-order valence-corrected chi connectivity index (χ2v) is 6.68. The summed E-state index contributed by atoms with van der Waals surface area (Å²) in [7, 11) is 4.10. The zero-order chi connectivity index (χ0) is 16.2. The Morgan fingerprint density at radius 1 is 1.26 bits per heavy atom. The molecular formula is C18H20N2O2S. The molecule has 5 heteroatoms. The SMILES string of the molecule is CN(C)C(CNCC(=O)c1cc2ccccc2o1)c1cccs1. The van der Waals surface area contributed by atoms with E-state index in [9.17, 15) is 4.79 Å². The number of rotatable bonds is 7. The Bertz CT molecular complexity index is 744. The first-order valence-electron chi connectivity index (χ1n) is 7.57. The molecule has 2 heterocycles. The number of fused-ring (bicyclic) bond motifs is 1. The van der Waals surface area contributed by atoms with Crippen LogP contribution in [0.4, 0.5) is 0 Å². The summed E-state index contributed by atoms with van der Waals surface area (Å²) in [5, 5.41) is 6.29. The van der Waals surface area contributed by atoms with Crippen molar-refractivity contribution in [3.8, 4) is 0 Å². The van der Waals surface area contributed by atoms with E-state index in [-0.39, 0.29) is 18.4 Å². The molecular weight excluding hydrogens is 308 g/mol. The van der Waals surface area contributed by atoms with Gasteiger partial charge in [0, 0.05) is 16.8 Å². The van der Waals surface area contributed by atoms with Gasteiger partial charge in [-0.15, -0.1) is 11.3 Å². The maximum absolute atomic E-state index is 12.3. The Kier molecular flexibility index (Phi) is 4.91. The van der Waals surface area contributed by atoms with Gasteiger partial charge in [0.1, 0.15) is 5.58 Å². The molecule has 0 saturated heterocycles. The lowest BCUT2D eigenvalue weighted by molar-refractivity contribution is 0.0964. The van der Waals surface area contributed by atoms with E-state index in [1.54, 1.807) is 11.3 Å². The molecule has 0 bridgehead atoms.